The minimum atomic E-state index is -0.102. The van der Waals surface area contributed by atoms with Crippen LogP contribution in [0.15, 0.2) is 61.2 Å². The number of rotatable bonds is 8. The zero-order valence-corrected chi connectivity index (χ0v) is 15.3. The minimum Gasteiger partial charge on any atom is -0.457 e. The van der Waals surface area contributed by atoms with Gasteiger partial charge in [0.1, 0.15) is 11.5 Å². The molecule has 0 fully saturated rings. The highest BCUT2D eigenvalue weighted by Crippen LogP contribution is 2.31. The summed E-state index contributed by atoms with van der Waals surface area (Å²) in [7, 11) is 1.62. The molecule has 2 unspecified atom stereocenters. The van der Waals surface area contributed by atoms with Crippen molar-refractivity contribution in [2.24, 2.45) is 5.92 Å². The number of allylic oxidation sites excluding steroid dienone is 1. The van der Waals surface area contributed by atoms with Crippen molar-refractivity contribution >= 4 is 5.91 Å². The number of carbonyl (C=O) groups is 1. The molecule has 0 saturated carbocycles. The van der Waals surface area contributed by atoms with Gasteiger partial charge in [0.2, 0.25) is 0 Å². The first-order chi connectivity index (χ1) is 12.1. The third-order valence-corrected chi connectivity index (χ3v) is 4.69. The first-order valence-electron chi connectivity index (χ1n) is 8.79. The Hall–Kier alpha value is -2.55. The number of nitrogens with one attached hydrogen (secondary N) is 1. The van der Waals surface area contributed by atoms with E-state index in [0.29, 0.717) is 23.1 Å². The Morgan fingerprint density at radius 1 is 1.12 bits per heavy atom. The molecule has 0 spiro atoms. The molecule has 3 nitrogen and oxygen atoms in total. The van der Waals surface area contributed by atoms with E-state index in [-0.39, 0.29) is 5.91 Å². The average Bonchev–Trinajstić information content (AvgIpc) is 2.66. The van der Waals surface area contributed by atoms with Crippen molar-refractivity contribution in [1.29, 1.82) is 0 Å². The summed E-state index contributed by atoms with van der Waals surface area (Å²) in [6.07, 6.45) is 4.18. The maximum absolute atomic E-state index is 11.6. The predicted molar refractivity (Wildman–Crippen MR) is 103 cm³/mol. The van der Waals surface area contributed by atoms with Crippen molar-refractivity contribution in [3.63, 3.8) is 0 Å². The van der Waals surface area contributed by atoms with E-state index in [4.69, 9.17) is 4.74 Å². The summed E-state index contributed by atoms with van der Waals surface area (Å²) in [6.45, 7) is 8.36. The van der Waals surface area contributed by atoms with Gasteiger partial charge in [0.25, 0.3) is 5.91 Å². The summed E-state index contributed by atoms with van der Waals surface area (Å²) < 4.78 is 5.87. The topological polar surface area (TPSA) is 38.3 Å². The van der Waals surface area contributed by atoms with E-state index in [2.05, 4.69) is 37.9 Å². The van der Waals surface area contributed by atoms with E-state index in [9.17, 15) is 4.79 Å². The van der Waals surface area contributed by atoms with Gasteiger partial charge in [-0.05, 0) is 60.2 Å². The third kappa shape index (κ3) is 4.96. The van der Waals surface area contributed by atoms with E-state index < -0.39 is 0 Å². The van der Waals surface area contributed by atoms with Gasteiger partial charge in [-0.25, -0.2) is 0 Å². The standard InChI is InChI=1S/C22H27NO2/c1-5-7-17(6-2)16(3)18-8-12-20(13-9-18)25-21-14-10-19(11-15-21)22(24)23-4/h5,8-17H,1,6-7H2,2-4H3,(H,23,24). The Morgan fingerprint density at radius 2 is 1.68 bits per heavy atom. The van der Waals surface area contributed by atoms with Gasteiger partial charge in [-0.2, -0.15) is 0 Å². The second kappa shape index (κ2) is 9.07. The van der Waals surface area contributed by atoms with Crippen LogP contribution in [0.25, 0.3) is 0 Å². The second-order valence-corrected chi connectivity index (χ2v) is 6.26. The van der Waals surface area contributed by atoms with Crippen molar-refractivity contribution in [2.75, 3.05) is 7.05 Å². The number of benzene rings is 2. The summed E-state index contributed by atoms with van der Waals surface area (Å²) in [5.41, 5.74) is 1.93. The lowest BCUT2D eigenvalue weighted by Crippen LogP contribution is -2.17. The molecule has 0 heterocycles. The van der Waals surface area contributed by atoms with Gasteiger partial charge in [0.05, 0.1) is 0 Å². The maximum atomic E-state index is 11.6. The van der Waals surface area contributed by atoms with Crippen molar-refractivity contribution in [2.45, 2.75) is 32.6 Å². The smallest absolute Gasteiger partial charge is 0.251 e. The van der Waals surface area contributed by atoms with Crippen molar-refractivity contribution < 1.29 is 9.53 Å². The van der Waals surface area contributed by atoms with Crippen molar-refractivity contribution in [1.82, 2.24) is 5.32 Å². The van der Waals surface area contributed by atoms with Gasteiger partial charge in [-0.15, -0.1) is 6.58 Å². The van der Waals surface area contributed by atoms with E-state index in [0.717, 1.165) is 18.6 Å². The lowest BCUT2D eigenvalue weighted by molar-refractivity contribution is 0.0963. The molecule has 0 aromatic heterocycles. The molecular weight excluding hydrogens is 310 g/mol. The number of ether oxygens (including phenoxy) is 1. The third-order valence-electron chi connectivity index (χ3n) is 4.69. The fourth-order valence-corrected chi connectivity index (χ4v) is 3.00. The molecule has 0 aliphatic carbocycles. The SMILES string of the molecule is C=CCC(CC)C(C)c1ccc(Oc2ccc(C(=O)NC)cc2)cc1. The van der Waals surface area contributed by atoms with Crippen LogP contribution in [0.5, 0.6) is 11.5 Å². The highest BCUT2D eigenvalue weighted by molar-refractivity contribution is 5.94. The highest BCUT2D eigenvalue weighted by atomic mass is 16.5. The van der Waals surface area contributed by atoms with E-state index in [1.54, 1.807) is 31.3 Å². The van der Waals surface area contributed by atoms with E-state index in [1.807, 2.05) is 18.2 Å². The van der Waals surface area contributed by atoms with Crippen LogP contribution in [0, 0.1) is 5.92 Å². The summed E-state index contributed by atoms with van der Waals surface area (Å²) in [4.78, 5) is 11.6. The molecule has 1 amide bonds. The van der Waals surface area contributed by atoms with Crippen LogP contribution in [-0.4, -0.2) is 13.0 Å². The van der Waals surface area contributed by atoms with Gasteiger partial charge in [0.15, 0.2) is 0 Å². The van der Waals surface area contributed by atoms with Crippen LogP contribution in [0.4, 0.5) is 0 Å². The van der Waals surface area contributed by atoms with Crippen LogP contribution in [0.1, 0.15) is 48.5 Å². The molecule has 0 saturated heterocycles. The molecule has 0 radical (unpaired) electrons. The molecule has 2 aromatic rings. The molecular formula is C22H27NO2. The Morgan fingerprint density at radius 3 is 2.16 bits per heavy atom. The fourth-order valence-electron chi connectivity index (χ4n) is 3.00. The number of carbonyl (C=O) groups excluding carboxylic acids is 1. The lowest BCUT2D eigenvalue weighted by Gasteiger charge is -2.22. The van der Waals surface area contributed by atoms with Gasteiger partial charge in [0, 0.05) is 12.6 Å². The van der Waals surface area contributed by atoms with Crippen molar-refractivity contribution in [3.05, 3.63) is 72.3 Å². The minimum absolute atomic E-state index is 0.102. The number of hydrogen-bond acceptors (Lipinski definition) is 2. The molecule has 25 heavy (non-hydrogen) atoms. The van der Waals surface area contributed by atoms with E-state index in [1.165, 1.54) is 5.56 Å². The first-order valence-corrected chi connectivity index (χ1v) is 8.79. The summed E-state index contributed by atoms with van der Waals surface area (Å²) in [6, 6.07) is 15.4. The normalized spacial score (nSPS) is 12.9. The fraction of sp³-hybridized carbons (Fsp3) is 0.318. The predicted octanol–water partition coefficient (Wildman–Crippen LogP) is 5.54. The zero-order valence-electron chi connectivity index (χ0n) is 15.3. The molecule has 0 aliphatic heterocycles. The van der Waals surface area contributed by atoms with Gasteiger partial charge >= 0.3 is 0 Å². The highest BCUT2D eigenvalue weighted by Gasteiger charge is 2.16. The van der Waals surface area contributed by atoms with Gasteiger partial charge < -0.3 is 10.1 Å². The second-order valence-electron chi connectivity index (χ2n) is 6.26. The summed E-state index contributed by atoms with van der Waals surface area (Å²) >= 11 is 0. The van der Waals surface area contributed by atoms with E-state index >= 15 is 0 Å². The van der Waals surface area contributed by atoms with Gasteiger partial charge in [-0.3, -0.25) is 4.79 Å². The van der Waals surface area contributed by atoms with Crippen molar-refractivity contribution in [3.8, 4) is 11.5 Å². The van der Waals surface area contributed by atoms with Crippen LogP contribution >= 0.6 is 0 Å². The Kier molecular flexibility index (Phi) is 6.81. The Labute approximate surface area is 150 Å². The quantitative estimate of drug-likeness (QED) is 0.642. The average molecular weight is 337 g/mol. The monoisotopic (exact) mass is 337 g/mol. The Balaban J connectivity index is 2.04. The van der Waals surface area contributed by atoms with Crippen LogP contribution in [-0.2, 0) is 0 Å². The van der Waals surface area contributed by atoms with Crippen LogP contribution in [0.2, 0.25) is 0 Å². The molecule has 2 atom stereocenters. The van der Waals surface area contributed by atoms with Crippen LogP contribution < -0.4 is 10.1 Å². The molecule has 1 N–H and O–H groups in total. The number of hydrogen-bond donors (Lipinski definition) is 1. The lowest BCUT2D eigenvalue weighted by atomic mass is 9.84. The summed E-state index contributed by atoms with van der Waals surface area (Å²) in [5.74, 6) is 2.51. The largest absolute Gasteiger partial charge is 0.457 e. The van der Waals surface area contributed by atoms with Gasteiger partial charge in [-0.1, -0.05) is 38.5 Å². The molecule has 132 valence electrons. The molecule has 3 heteroatoms. The molecule has 0 aliphatic rings. The first kappa shape index (κ1) is 18.8. The molecule has 0 bridgehead atoms. The molecule has 2 rings (SSSR count). The Bertz CT molecular complexity index is 689. The number of amides is 1. The van der Waals surface area contributed by atoms with Crippen LogP contribution in [0.3, 0.4) is 0 Å². The maximum Gasteiger partial charge on any atom is 0.251 e. The molecule has 2 aromatic carbocycles. The summed E-state index contributed by atoms with van der Waals surface area (Å²) in [5, 5.41) is 2.60. The zero-order chi connectivity index (χ0) is 18.2.